The molecule has 0 saturated carbocycles. The van der Waals surface area contributed by atoms with Gasteiger partial charge in [-0.3, -0.25) is 9.59 Å². The van der Waals surface area contributed by atoms with Crippen LogP contribution in [0.4, 0.5) is 17.6 Å². The molecular formula is C15H17F4NO3. The molecule has 0 spiro atoms. The molecule has 0 saturated heterocycles. The summed E-state index contributed by atoms with van der Waals surface area (Å²) >= 11 is 0. The Morgan fingerprint density at radius 2 is 1.87 bits per heavy atom. The second kappa shape index (κ2) is 7.43. The maximum absolute atomic E-state index is 13.2. The number of carbonyl (C=O) groups excluding carboxylic acids is 1. The molecule has 1 aromatic rings. The largest absolute Gasteiger partial charge is 0.481 e. The molecule has 0 bridgehead atoms. The van der Waals surface area contributed by atoms with Gasteiger partial charge in [0.2, 0.25) is 0 Å². The zero-order valence-electron chi connectivity index (χ0n) is 12.6. The SMILES string of the molecule is CC(C)CC(CNC(=O)c1ccc(F)c(C(F)(F)F)c1)C(=O)O. The van der Waals surface area contributed by atoms with Crippen LogP contribution in [0.2, 0.25) is 0 Å². The van der Waals surface area contributed by atoms with Crippen molar-refractivity contribution in [1.29, 1.82) is 0 Å². The minimum absolute atomic E-state index is 0.0793. The average Bonchev–Trinajstić information content (AvgIpc) is 2.41. The van der Waals surface area contributed by atoms with Crippen LogP contribution in [0, 0.1) is 17.7 Å². The Bertz CT molecular complexity index is 585. The Morgan fingerprint density at radius 3 is 2.35 bits per heavy atom. The van der Waals surface area contributed by atoms with E-state index < -0.39 is 35.4 Å². The summed E-state index contributed by atoms with van der Waals surface area (Å²) < 4.78 is 51.0. The Labute approximate surface area is 130 Å². The Balaban J connectivity index is 2.84. The van der Waals surface area contributed by atoms with Gasteiger partial charge in [0.1, 0.15) is 5.82 Å². The molecule has 0 heterocycles. The zero-order valence-corrected chi connectivity index (χ0v) is 12.6. The lowest BCUT2D eigenvalue weighted by Crippen LogP contribution is -2.33. The van der Waals surface area contributed by atoms with Gasteiger partial charge >= 0.3 is 12.1 Å². The summed E-state index contributed by atoms with van der Waals surface area (Å²) in [5.41, 5.74) is -1.92. The Morgan fingerprint density at radius 1 is 1.26 bits per heavy atom. The van der Waals surface area contributed by atoms with E-state index in [9.17, 15) is 27.2 Å². The van der Waals surface area contributed by atoms with Crippen molar-refractivity contribution < 1.29 is 32.3 Å². The van der Waals surface area contributed by atoms with E-state index in [1.807, 2.05) is 13.8 Å². The highest BCUT2D eigenvalue weighted by Crippen LogP contribution is 2.31. The number of halogens is 4. The molecule has 0 aliphatic carbocycles. The second-order valence-corrected chi connectivity index (χ2v) is 5.57. The molecule has 1 rings (SSSR count). The molecular weight excluding hydrogens is 318 g/mol. The molecule has 0 radical (unpaired) electrons. The number of alkyl halides is 3. The van der Waals surface area contributed by atoms with Gasteiger partial charge in [0, 0.05) is 12.1 Å². The number of amides is 1. The highest BCUT2D eigenvalue weighted by molar-refractivity contribution is 5.94. The maximum Gasteiger partial charge on any atom is 0.419 e. The van der Waals surface area contributed by atoms with Crippen LogP contribution in [-0.2, 0) is 11.0 Å². The van der Waals surface area contributed by atoms with Crippen molar-refractivity contribution in [3.05, 3.63) is 35.1 Å². The van der Waals surface area contributed by atoms with Crippen LogP contribution in [0.15, 0.2) is 18.2 Å². The lowest BCUT2D eigenvalue weighted by atomic mass is 9.97. The molecule has 1 amide bonds. The van der Waals surface area contributed by atoms with Crippen molar-refractivity contribution in [2.75, 3.05) is 6.54 Å². The molecule has 1 atom stereocenters. The standard InChI is InChI=1S/C15H17F4NO3/c1-8(2)5-10(14(22)23)7-20-13(21)9-3-4-12(16)11(6-9)15(17,18)19/h3-4,6,8,10H,5,7H2,1-2H3,(H,20,21)(H,22,23). The third-order valence-electron chi connectivity index (χ3n) is 3.15. The molecule has 0 fully saturated rings. The van der Waals surface area contributed by atoms with E-state index in [1.54, 1.807) is 0 Å². The number of hydrogen-bond acceptors (Lipinski definition) is 2. The second-order valence-electron chi connectivity index (χ2n) is 5.57. The van der Waals surface area contributed by atoms with Crippen molar-refractivity contribution in [2.24, 2.45) is 11.8 Å². The van der Waals surface area contributed by atoms with Crippen molar-refractivity contribution in [3.8, 4) is 0 Å². The maximum atomic E-state index is 13.2. The number of nitrogens with one attached hydrogen (secondary N) is 1. The monoisotopic (exact) mass is 335 g/mol. The van der Waals surface area contributed by atoms with Crippen LogP contribution in [0.3, 0.4) is 0 Å². The normalized spacial score (nSPS) is 13.0. The predicted molar refractivity (Wildman–Crippen MR) is 74.3 cm³/mol. The summed E-state index contributed by atoms with van der Waals surface area (Å²) in [6.45, 7) is 3.41. The van der Waals surface area contributed by atoms with E-state index in [0.717, 1.165) is 6.07 Å². The number of aliphatic carboxylic acids is 1. The van der Waals surface area contributed by atoms with Crippen molar-refractivity contribution >= 4 is 11.9 Å². The highest BCUT2D eigenvalue weighted by atomic mass is 19.4. The van der Waals surface area contributed by atoms with Gasteiger partial charge in [-0.15, -0.1) is 0 Å². The van der Waals surface area contributed by atoms with E-state index in [1.165, 1.54) is 0 Å². The van der Waals surface area contributed by atoms with Crippen molar-refractivity contribution in [2.45, 2.75) is 26.4 Å². The highest BCUT2D eigenvalue weighted by Gasteiger charge is 2.34. The molecule has 0 aliphatic heterocycles. The quantitative estimate of drug-likeness (QED) is 0.784. The van der Waals surface area contributed by atoms with Gasteiger partial charge in [-0.05, 0) is 30.5 Å². The molecule has 8 heteroatoms. The third-order valence-corrected chi connectivity index (χ3v) is 3.15. The summed E-state index contributed by atoms with van der Waals surface area (Å²) in [5.74, 6) is -4.23. The Hall–Kier alpha value is -2.12. The molecule has 23 heavy (non-hydrogen) atoms. The Kier molecular flexibility index (Phi) is 6.12. The minimum Gasteiger partial charge on any atom is -0.481 e. The van der Waals surface area contributed by atoms with E-state index in [4.69, 9.17) is 5.11 Å². The topological polar surface area (TPSA) is 66.4 Å². The lowest BCUT2D eigenvalue weighted by Gasteiger charge is -2.16. The fourth-order valence-electron chi connectivity index (χ4n) is 2.04. The summed E-state index contributed by atoms with van der Waals surface area (Å²) in [6, 6.07) is 1.88. The van der Waals surface area contributed by atoms with Gasteiger partial charge in [0.25, 0.3) is 5.91 Å². The predicted octanol–water partition coefficient (Wildman–Crippen LogP) is 3.32. The summed E-state index contributed by atoms with van der Waals surface area (Å²) in [5, 5.41) is 11.3. The first-order valence-corrected chi connectivity index (χ1v) is 6.90. The van der Waals surface area contributed by atoms with E-state index in [0.29, 0.717) is 18.6 Å². The van der Waals surface area contributed by atoms with Gasteiger partial charge in [-0.25, -0.2) is 4.39 Å². The first-order chi connectivity index (χ1) is 10.5. The number of hydrogen-bond donors (Lipinski definition) is 2. The van der Waals surface area contributed by atoms with Crippen LogP contribution in [0.1, 0.15) is 36.2 Å². The number of carboxylic acid groups (broad SMARTS) is 1. The fraction of sp³-hybridized carbons (Fsp3) is 0.467. The average molecular weight is 335 g/mol. The van der Waals surface area contributed by atoms with E-state index in [-0.39, 0.29) is 18.0 Å². The van der Waals surface area contributed by atoms with Gasteiger partial charge in [-0.2, -0.15) is 13.2 Å². The molecule has 0 aromatic heterocycles. The number of benzene rings is 1. The first kappa shape index (κ1) is 18.9. The molecule has 0 aliphatic rings. The van der Waals surface area contributed by atoms with Crippen LogP contribution in [-0.4, -0.2) is 23.5 Å². The lowest BCUT2D eigenvalue weighted by molar-refractivity contribution is -0.142. The van der Waals surface area contributed by atoms with Crippen LogP contribution in [0.25, 0.3) is 0 Å². The van der Waals surface area contributed by atoms with Gasteiger partial charge in [-0.1, -0.05) is 13.8 Å². The van der Waals surface area contributed by atoms with Gasteiger partial charge in [0.15, 0.2) is 0 Å². The molecule has 1 aromatic carbocycles. The number of rotatable bonds is 6. The van der Waals surface area contributed by atoms with Crippen LogP contribution < -0.4 is 5.32 Å². The van der Waals surface area contributed by atoms with E-state index >= 15 is 0 Å². The van der Waals surface area contributed by atoms with Gasteiger partial charge in [0.05, 0.1) is 11.5 Å². The third kappa shape index (κ3) is 5.54. The summed E-state index contributed by atoms with van der Waals surface area (Å²) in [4.78, 5) is 22.9. The molecule has 128 valence electrons. The molecule has 2 N–H and O–H groups in total. The molecule has 4 nitrogen and oxygen atoms in total. The summed E-state index contributed by atoms with van der Waals surface area (Å²) in [6.07, 6.45) is -4.60. The number of carboxylic acids is 1. The van der Waals surface area contributed by atoms with Crippen LogP contribution in [0.5, 0.6) is 0 Å². The smallest absolute Gasteiger partial charge is 0.419 e. The zero-order chi connectivity index (χ0) is 17.8. The van der Waals surface area contributed by atoms with E-state index in [2.05, 4.69) is 5.32 Å². The van der Waals surface area contributed by atoms with Crippen molar-refractivity contribution in [1.82, 2.24) is 5.32 Å². The minimum atomic E-state index is -4.92. The van der Waals surface area contributed by atoms with Gasteiger partial charge < -0.3 is 10.4 Å². The summed E-state index contributed by atoms with van der Waals surface area (Å²) in [7, 11) is 0. The first-order valence-electron chi connectivity index (χ1n) is 6.90. The number of carbonyl (C=O) groups is 2. The fourth-order valence-corrected chi connectivity index (χ4v) is 2.04. The van der Waals surface area contributed by atoms with Crippen LogP contribution >= 0.6 is 0 Å². The molecule has 1 unspecified atom stereocenters. The van der Waals surface area contributed by atoms with Crippen molar-refractivity contribution in [3.63, 3.8) is 0 Å².